The van der Waals surface area contributed by atoms with E-state index < -0.39 is 0 Å². The van der Waals surface area contributed by atoms with Crippen molar-refractivity contribution in [2.75, 3.05) is 13.7 Å². The number of hydrogen-bond donors (Lipinski definition) is 0. The van der Waals surface area contributed by atoms with Gasteiger partial charge in [-0.3, -0.25) is 14.4 Å². The topological polar surface area (TPSA) is 78.9 Å². The first kappa shape index (κ1) is 18.4. The van der Waals surface area contributed by atoms with Crippen molar-refractivity contribution < 1.29 is 28.6 Å². The molecule has 0 aliphatic heterocycles. The molecule has 0 aromatic rings. The minimum absolute atomic E-state index is 0.0913. The lowest BCUT2D eigenvalue weighted by atomic mass is 9.96. The standard InChI is InChI=1S/C14H24O6/c1-5-19-13(16)8-11(6-7-12(15)18-4)9-14(17)20-10(2)3/h10-11H,5-9H2,1-4H3. The predicted octanol–water partition coefficient (Wildman–Crippen LogP) is 1.85. The molecule has 0 heterocycles. The van der Waals surface area contributed by atoms with Crippen LogP contribution in [-0.4, -0.2) is 37.7 Å². The van der Waals surface area contributed by atoms with Gasteiger partial charge in [0, 0.05) is 19.3 Å². The molecule has 0 aliphatic rings. The number of carbonyl (C=O) groups is 3. The lowest BCUT2D eigenvalue weighted by molar-refractivity contribution is -0.151. The Balaban J connectivity index is 4.40. The van der Waals surface area contributed by atoms with Crippen molar-refractivity contribution in [1.82, 2.24) is 0 Å². The van der Waals surface area contributed by atoms with Crippen LogP contribution in [0.2, 0.25) is 0 Å². The maximum absolute atomic E-state index is 11.6. The van der Waals surface area contributed by atoms with Crippen LogP contribution in [0.15, 0.2) is 0 Å². The van der Waals surface area contributed by atoms with Gasteiger partial charge >= 0.3 is 17.9 Å². The number of rotatable bonds is 9. The highest BCUT2D eigenvalue weighted by molar-refractivity contribution is 5.74. The lowest BCUT2D eigenvalue weighted by Crippen LogP contribution is -2.20. The Morgan fingerprint density at radius 1 is 1.00 bits per heavy atom. The summed E-state index contributed by atoms with van der Waals surface area (Å²) in [6.07, 6.45) is 0.534. The van der Waals surface area contributed by atoms with Crippen molar-refractivity contribution in [3.05, 3.63) is 0 Å². The third-order valence-electron chi connectivity index (χ3n) is 2.57. The molecule has 0 saturated heterocycles. The molecule has 0 saturated carbocycles. The van der Waals surface area contributed by atoms with Crippen molar-refractivity contribution in [1.29, 1.82) is 0 Å². The van der Waals surface area contributed by atoms with E-state index in [-0.39, 0.29) is 49.2 Å². The summed E-state index contributed by atoms with van der Waals surface area (Å²) < 4.78 is 14.5. The van der Waals surface area contributed by atoms with Crippen LogP contribution in [0.5, 0.6) is 0 Å². The SMILES string of the molecule is CCOC(=O)CC(CCC(=O)OC)CC(=O)OC(C)C. The Morgan fingerprint density at radius 3 is 2.10 bits per heavy atom. The van der Waals surface area contributed by atoms with Gasteiger partial charge in [0.25, 0.3) is 0 Å². The Bertz CT molecular complexity index is 324. The van der Waals surface area contributed by atoms with Crippen molar-refractivity contribution >= 4 is 17.9 Å². The maximum Gasteiger partial charge on any atom is 0.306 e. The quantitative estimate of drug-likeness (QED) is 0.476. The molecule has 116 valence electrons. The van der Waals surface area contributed by atoms with Gasteiger partial charge in [0.05, 0.1) is 19.8 Å². The van der Waals surface area contributed by atoms with Gasteiger partial charge in [-0.2, -0.15) is 0 Å². The second-order valence-corrected chi connectivity index (χ2v) is 4.73. The number of methoxy groups -OCH3 is 1. The molecule has 20 heavy (non-hydrogen) atoms. The summed E-state index contributed by atoms with van der Waals surface area (Å²) in [6.45, 7) is 5.52. The molecule has 1 atom stereocenters. The molecule has 0 aromatic heterocycles. The van der Waals surface area contributed by atoms with Gasteiger partial charge in [0.1, 0.15) is 0 Å². The van der Waals surface area contributed by atoms with Gasteiger partial charge in [-0.15, -0.1) is 0 Å². The van der Waals surface area contributed by atoms with E-state index in [1.807, 2.05) is 0 Å². The summed E-state index contributed by atoms with van der Waals surface area (Å²) in [6, 6.07) is 0. The molecule has 0 fully saturated rings. The summed E-state index contributed by atoms with van der Waals surface area (Å²) in [5.74, 6) is -1.39. The summed E-state index contributed by atoms with van der Waals surface area (Å²) >= 11 is 0. The van der Waals surface area contributed by atoms with Crippen molar-refractivity contribution in [2.45, 2.75) is 52.6 Å². The normalized spacial score (nSPS) is 11.8. The van der Waals surface area contributed by atoms with Crippen LogP contribution in [0.1, 0.15) is 46.5 Å². The first-order chi connectivity index (χ1) is 9.38. The first-order valence-electron chi connectivity index (χ1n) is 6.80. The van der Waals surface area contributed by atoms with Crippen LogP contribution < -0.4 is 0 Å². The fraction of sp³-hybridized carbons (Fsp3) is 0.786. The molecular formula is C14H24O6. The minimum Gasteiger partial charge on any atom is -0.469 e. The third kappa shape index (κ3) is 9.35. The van der Waals surface area contributed by atoms with E-state index >= 15 is 0 Å². The summed E-state index contributed by atoms with van der Waals surface area (Å²) in [5.41, 5.74) is 0. The average molecular weight is 288 g/mol. The van der Waals surface area contributed by atoms with E-state index in [4.69, 9.17) is 9.47 Å². The fourth-order valence-corrected chi connectivity index (χ4v) is 1.70. The highest BCUT2D eigenvalue weighted by Crippen LogP contribution is 2.18. The smallest absolute Gasteiger partial charge is 0.306 e. The van der Waals surface area contributed by atoms with Gasteiger partial charge < -0.3 is 14.2 Å². The average Bonchev–Trinajstić information content (AvgIpc) is 2.34. The second-order valence-electron chi connectivity index (χ2n) is 4.73. The monoisotopic (exact) mass is 288 g/mol. The van der Waals surface area contributed by atoms with Crippen molar-refractivity contribution in [2.24, 2.45) is 5.92 Å². The number of hydrogen-bond acceptors (Lipinski definition) is 6. The lowest BCUT2D eigenvalue weighted by Gasteiger charge is -2.16. The van der Waals surface area contributed by atoms with Gasteiger partial charge in [-0.1, -0.05) is 0 Å². The first-order valence-corrected chi connectivity index (χ1v) is 6.80. The Kier molecular flexibility index (Phi) is 9.41. The number of esters is 3. The van der Waals surface area contributed by atoms with E-state index in [2.05, 4.69) is 4.74 Å². The van der Waals surface area contributed by atoms with Crippen LogP contribution in [0.4, 0.5) is 0 Å². The molecule has 6 nitrogen and oxygen atoms in total. The summed E-state index contributed by atoms with van der Waals surface area (Å²) in [4.78, 5) is 34.2. The number of carbonyl (C=O) groups excluding carboxylic acids is 3. The van der Waals surface area contributed by atoms with Crippen molar-refractivity contribution in [3.8, 4) is 0 Å². The van der Waals surface area contributed by atoms with Crippen LogP contribution in [0.25, 0.3) is 0 Å². The van der Waals surface area contributed by atoms with Gasteiger partial charge in [-0.05, 0) is 33.1 Å². The molecule has 0 aliphatic carbocycles. The Hall–Kier alpha value is -1.59. The molecule has 6 heteroatoms. The van der Waals surface area contributed by atoms with Crippen LogP contribution in [0.3, 0.4) is 0 Å². The Labute approximate surface area is 119 Å². The Morgan fingerprint density at radius 2 is 1.60 bits per heavy atom. The zero-order chi connectivity index (χ0) is 15.5. The molecule has 0 radical (unpaired) electrons. The molecule has 0 N–H and O–H groups in total. The van der Waals surface area contributed by atoms with Crippen LogP contribution in [0, 0.1) is 5.92 Å². The molecule has 0 rings (SSSR count). The van der Waals surface area contributed by atoms with E-state index in [0.717, 1.165) is 0 Å². The van der Waals surface area contributed by atoms with E-state index in [9.17, 15) is 14.4 Å². The molecule has 0 bridgehead atoms. The van der Waals surface area contributed by atoms with Gasteiger partial charge in [0.2, 0.25) is 0 Å². The molecular weight excluding hydrogens is 264 g/mol. The van der Waals surface area contributed by atoms with E-state index in [0.29, 0.717) is 13.0 Å². The second kappa shape index (κ2) is 10.2. The zero-order valence-electron chi connectivity index (χ0n) is 12.6. The third-order valence-corrected chi connectivity index (χ3v) is 2.57. The summed E-state index contributed by atoms with van der Waals surface area (Å²) in [7, 11) is 1.30. The van der Waals surface area contributed by atoms with Crippen molar-refractivity contribution in [3.63, 3.8) is 0 Å². The molecule has 0 spiro atoms. The largest absolute Gasteiger partial charge is 0.469 e. The van der Waals surface area contributed by atoms with E-state index in [1.165, 1.54) is 7.11 Å². The van der Waals surface area contributed by atoms with Crippen LogP contribution >= 0.6 is 0 Å². The maximum atomic E-state index is 11.6. The minimum atomic E-state index is -0.376. The molecule has 0 amide bonds. The molecule has 1 unspecified atom stereocenters. The molecule has 0 aromatic carbocycles. The highest BCUT2D eigenvalue weighted by atomic mass is 16.5. The summed E-state index contributed by atoms with van der Waals surface area (Å²) in [5, 5.41) is 0. The fourth-order valence-electron chi connectivity index (χ4n) is 1.70. The zero-order valence-corrected chi connectivity index (χ0v) is 12.6. The van der Waals surface area contributed by atoms with Gasteiger partial charge in [-0.25, -0.2) is 0 Å². The van der Waals surface area contributed by atoms with Gasteiger partial charge in [0.15, 0.2) is 0 Å². The number of ether oxygens (including phenoxy) is 3. The van der Waals surface area contributed by atoms with Crippen LogP contribution in [-0.2, 0) is 28.6 Å². The predicted molar refractivity (Wildman–Crippen MR) is 71.8 cm³/mol. The van der Waals surface area contributed by atoms with E-state index in [1.54, 1.807) is 20.8 Å². The highest BCUT2D eigenvalue weighted by Gasteiger charge is 2.21.